The molecule has 0 radical (unpaired) electrons. The summed E-state index contributed by atoms with van der Waals surface area (Å²) < 4.78 is 57.6. The average Bonchev–Trinajstić information content (AvgIpc) is 3.21. The molecule has 1 fully saturated rings. The molecular weight excluding hydrogens is 633 g/mol. The monoisotopic (exact) mass is 666 g/mol. The number of nitrogens with zero attached hydrogens (tertiary/aromatic N) is 3. The largest absolute Gasteiger partial charge is 0.446 e. The molecule has 2 rings (SSSR count). The third-order valence-corrected chi connectivity index (χ3v) is 7.72. The van der Waals surface area contributed by atoms with Crippen LogP contribution in [0, 0.1) is 0 Å². The summed E-state index contributed by atoms with van der Waals surface area (Å²) in [6, 6.07) is 1.01. The van der Waals surface area contributed by atoms with Gasteiger partial charge < -0.3 is 44.8 Å². The van der Waals surface area contributed by atoms with Gasteiger partial charge in [0.25, 0.3) is 0 Å². The van der Waals surface area contributed by atoms with Crippen LogP contribution in [0.25, 0.3) is 0 Å². The third kappa shape index (κ3) is 10.1. The summed E-state index contributed by atoms with van der Waals surface area (Å²) in [6.07, 6.45) is -15.0. The minimum absolute atomic E-state index is 0.00711. The lowest BCUT2D eigenvalue weighted by atomic mass is 10.1. The summed E-state index contributed by atoms with van der Waals surface area (Å²) >= 11 is 0. The van der Waals surface area contributed by atoms with Crippen LogP contribution in [0.2, 0.25) is 0 Å². The zero-order chi connectivity index (χ0) is 32.3. The highest BCUT2D eigenvalue weighted by molar-refractivity contribution is 8.76. The molecule has 0 spiro atoms. The van der Waals surface area contributed by atoms with Crippen molar-refractivity contribution in [2.45, 2.75) is 62.2 Å². The van der Waals surface area contributed by atoms with Crippen molar-refractivity contribution in [1.29, 1.82) is 0 Å². The minimum atomic E-state index is -3.90. The van der Waals surface area contributed by atoms with Crippen LogP contribution in [0.5, 0.6) is 0 Å². The van der Waals surface area contributed by atoms with Crippen molar-refractivity contribution in [2.24, 2.45) is 0 Å². The Morgan fingerprint density at radius 2 is 1.93 bits per heavy atom. The number of anilines is 1. The van der Waals surface area contributed by atoms with Crippen molar-refractivity contribution in [3.63, 3.8) is 0 Å². The fourth-order valence-corrected chi connectivity index (χ4v) is 5.11. The van der Waals surface area contributed by atoms with E-state index in [-0.39, 0.29) is 24.2 Å². The van der Waals surface area contributed by atoms with E-state index in [0.29, 0.717) is 11.0 Å². The molecule has 0 saturated carbocycles. The summed E-state index contributed by atoms with van der Waals surface area (Å²) in [4.78, 5) is 41.2. The Morgan fingerprint density at radius 1 is 1.23 bits per heavy atom. The third-order valence-electron chi connectivity index (χ3n) is 5.82. The smallest absolute Gasteiger partial charge is 0.413 e. The lowest BCUT2D eigenvalue weighted by Gasteiger charge is -2.25. The van der Waals surface area contributed by atoms with E-state index < -0.39 is 86.5 Å². The molecule has 16 nitrogen and oxygen atoms in total. The molecule has 7 N–H and O–H groups in total. The number of carbonyl (C=O) groups excluding carboxylic acids is 2. The number of hydrogen-bond donors (Lipinski definition) is 7. The molecule has 2 heterocycles. The number of nitrogens with one attached hydrogen (secondary N) is 1. The highest BCUT2D eigenvalue weighted by Crippen LogP contribution is 2.42. The van der Waals surface area contributed by atoms with E-state index in [1.165, 1.54) is 4.90 Å². The number of aliphatic hydroxyl groups is 6. The van der Waals surface area contributed by atoms with Gasteiger partial charge in [0.1, 0.15) is 42.8 Å². The Bertz CT molecular complexity index is 1110. The number of rotatable bonds is 16. The molecular formula is C22H33F3N4O12S2. The molecule has 7 atom stereocenters. The average molecular weight is 667 g/mol. The molecule has 1 aromatic rings. The molecule has 1 aliphatic heterocycles. The van der Waals surface area contributed by atoms with Crippen LogP contribution in [0.3, 0.4) is 0 Å². The first-order valence-electron chi connectivity index (χ1n) is 12.6. The zero-order valence-corrected chi connectivity index (χ0v) is 24.2. The highest BCUT2D eigenvalue weighted by atomic mass is 33.1. The van der Waals surface area contributed by atoms with Crippen LogP contribution in [-0.4, -0.2) is 138 Å². The second kappa shape index (κ2) is 17.2. The Morgan fingerprint density at radius 3 is 2.51 bits per heavy atom. The van der Waals surface area contributed by atoms with Crippen LogP contribution < -0.4 is 11.0 Å². The van der Waals surface area contributed by atoms with E-state index in [4.69, 9.17) is 24.4 Å². The van der Waals surface area contributed by atoms with Gasteiger partial charge in [-0.25, -0.2) is 18.8 Å². The standard InChI is InChI=1S/C22H33F3N4O12S2/c1-2-4-28(21(38)39-8-11(23)15(33)16(34)12(32)6-30)9-42-43-10-40-20(37)27-14-3-5-29(19(36)26-14)18-22(24,25)17(35)13(7-31)41-18/h3,5,11-13,15-18,30-35H,2,4,6-10H2,1H3,(H,26,27,36,37)/t11-,12+,13+,15+,16+,17+,18+/m0/s1. The van der Waals surface area contributed by atoms with Crippen LogP contribution in [0.4, 0.5) is 28.6 Å². The van der Waals surface area contributed by atoms with E-state index in [1.807, 2.05) is 0 Å². The molecule has 2 amide bonds. The summed E-state index contributed by atoms with van der Waals surface area (Å²) in [5.41, 5.74) is -1.24. The normalized spacial score (nSPS) is 22.3. The van der Waals surface area contributed by atoms with E-state index in [1.54, 1.807) is 6.92 Å². The number of aliphatic hydroxyl groups excluding tert-OH is 6. The van der Waals surface area contributed by atoms with E-state index in [2.05, 4.69) is 10.3 Å². The Labute approximate surface area is 250 Å². The molecule has 0 bridgehead atoms. The van der Waals surface area contributed by atoms with Gasteiger partial charge in [0.05, 0.1) is 19.1 Å². The van der Waals surface area contributed by atoms with Gasteiger partial charge in [-0.05, 0) is 12.5 Å². The predicted molar refractivity (Wildman–Crippen MR) is 144 cm³/mol. The number of amides is 2. The topological polar surface area (TPSA) is 233 Å². The number of hydrogen-bond acceptors (Lipinski definition) is 15. The molecule has 0 unspecified atom stereocenters. The van der Waals surface area contributed by atoms with Crippen LogP contribution >= 0.6 is 21.6 Å². The molecule has 43 heavy (non-hydrogen) atoms. The molecule has 0 aromatic carbocycles. The zero-order valence-electron chi connectivity index (χ0n) is 22.6. The fraction of sp³-hybridized carbons (Fsp3) is 0.727. The van der Waals surface area contributed by atoms with Crippen molar-refractivity contribution in [2.75, 3.05) is 43.5 Å². The summed E-state index contributed by atoms with van der Waals surface area (Å²) in [6.45, 7) is -0.801. The highest BCUT2D eigenvalue weighted by Gasteiger charge is 2.59. The van der Waals surface area contributed by atoms with Crippen molar-refractivity contribution in [1.82, 2.24) is 14.5 Å². The van der Waals surface area contributed by atoms with Crippen molar-refractivity contribution in [3.8, 4) is 0 Å². The summed E-state index contributed by atoms with van der Waals surface area (Å²) in [5, 5.41) is 58.1. The first kappa shape index (κ1) is 36.8. The van der Waals surface area contributed by atoms with E-state index in [9.17, 15) is 48.0 Å². The minimum Gasteiger partial charge on any atom is -0.446 e. The van der Waals surface area contributed by atoms with Crippen LogP contribution in [0.15, 0.2) is 17.1 Å². The maximum absolute atomic E-state index is 14.3. The molecule has 0 aliphatic carbocycles. The van der Waals surface area contributed by atoms with Gasteiger partial charge >= 0.3 is 23.8 Å². The van der Waals surface area contributed by atoms with Gasteiger partial charge in [0.15, 0.2) is 12.3 Å². The summed E-state index contributed by atoms with van der Waals surface area (Å²) in [7, 11) is 2.03. The number of alkyl halides is 3. The Hall–Kier alpha value is -2.37. The second-order valence-corrected chi connectivity index (χ2v) is 11.3. The van der Waals surface area contributed by atoms with Gasteiger partial charge in [0.2, 0.25) is 6.23 Å². The van der Waals surface area contributed by atoms with Gasteiger partial charge in [-0.2, -0.15) is 13.8 Å². The molecule has 1 aromatic heterocycles. The first-order valence-corrected chi connectivity index (χ1v) is 15.1. The fourth-order valence-electron chi connectivity index (χ4n) is 3.50. The van der Waals surface area contributed by atoms with Gasteiger partial charge in [-0.3, -0.25) is 14.8 Å². The maximum Gasteiger partial charge on any atom is 0.413 e. The quantitative estimate of drug-likeness (QED) is 0.0653. The van der Waals surface area contributed by atoms with Crippen LogP contribution in [0.1, 0.15) is 19.6 Å². The van der Waals surface area contributed by atoms with Crippen molar-refractivity contribution >= 4 is 39.6 Å². The van der Waals surface area contributed by atoms with E-state index >= 15 is 0 Å². The number of carbonyl (C=O) groups is 2. The summed E-state index contributed by atoms with van der Waals surface area (Å²) in [5.74, 6) is -4.49. The lowest BCUT2D eigenvalue weighted by Crippen LogP contribution is -2.46. The van der Waals surface area contributed by atoms with Crippen molar-refractivity contribution in [3.05, 3.63) is 22.7 Å². The van der Waals surface area contributed by atoms with Crippen molar-refractivity contribution < 1.29 is 67.6 Å². The predicted octanol–water partition coefficient (Wildman–Crippen LogP) is -0.764. The van der Waals surface area contributed by atoms with Crippen LogP contribution in [-0.2, 0) is 14.2 Å². The molecule has 1 saturated heterocycles. The Balaban J connectivity index is 1.78. The SMILES string of the molecule is CCCN(CSSCOC(=O)Nc1ccn([C@@H]2O[C@H](CO)[C@@H](O)C2(F)F)c(=O)n1)C(=O)OC[C@H](F)[C@@H](O)[C@H](O)[C@H](O)CO. The van der Waals surface area contributed by atoms with Gasteiger partial charge in [0, 0.05) is 12.7 Å². The number of ether oxygens (including phenoxy) is 3. The van der Waals surface area contributed by atoms with Gasteiger partial charge in [-0.15, -0.1) is 0 Å². The molecule has 1 aliphatic rings. The molecule has 246 valence electrons. The number of aromatic nitrogens is 2. The Kier molecular flexibility index (Phi) is 14.7. The maximum atomic E-state index is 14.3. The second-order valence-electron chi connectivity index (χ2n) is 8.96. The van der Waals surface area contributed by atoms with E-state index in [0.717, 1.165) is 33.9 Å². The lowest BCUT2D eigenvalue weighted by molar-refractivity contribution is -0.140. The van der Waals surface area contributed by atoms with Gasteiger partial charge in [-0.1, -0.05) is 28.5 Å². The number of halogens is 3. The molecule has 21 heteroatoms. The first-order chi connectivity index (χ1) is 20.3.